The van der Waals surface area contributed by atoms with Gasteiger partial charge in [0.25, 0.3) is 0 Å². The molecule has 0 fully saturated rings. The summed E-state index contributed by atoms with van der Waals surface area (Å²) in [5.41, 5.74) is 2.91. The standard InChI is InChI=1S/C18H12FN2/c19-14-10-8-13(9-11-14)18-20-16-6-2-1-5-15(16)17-7-3-4-12-21(17)18/h1-12H/q+1. The molecule has 0 spiro atoms. The van der Waals surface area contributed by atoms with E-state index >= 15 is 0 Å². The van der Waals surface area contributed by atoms with Crippen LogP contribution in [0.2, 0.25) is 0 Å². The number of halogens is 1. The van der Waals surface area contributed by atoms with Gasteiger partial charge in [0.1, 0.15) is 11.3 Å². The molecule has 0 bridgehead atoms. The van der Waals surface area contributed by atoms with Crippen LogP contribution in [-0.4, -0.2) is 4.98 Å². The maximum absolute atomic E-state index is 13.1. The van der Waals surface area contributed by atoms with Crippen molar-refractivity contribution in [3.8, 4) is 11.4 Å². The van der Waals surface area contributed by atoms with Gasteiger partial charge in [0.15, 0.2) is 5.52 Å². The van der Waals surface area contributed by atoms with Crippen LogP contribution in [0.5, 0.6) is 0 Å². The Hall–Kier alpha value is -2.81. The summed E-state index contributed by atoms with van der Waals surface area (Å²) >= 11 is 0. The quantitative estimate of drug-likeness (QED) is 0.381. The second-order valence-corrected chi connectivity index (χ2v) is 4.92. The van der Waals surface area contributed by atoms with Gasteiger partial charge in [-0.2, -0.15) is 4.40 Å². The van der Waals surface area contributed by atoms with Crippen LogP contribution in [0.15, 0.2) is 72.9 Å². The van der Waals surface area contributed by atoms with E-state index in [-0.39, 0.29) is 5.82 Å². The van der Waals surface area contributed by atoms with E-state index in [1.165, 1.54) is 12.1 Å². The number of hydrogen-bond donors (Lipinski definition) is 0. The maximum Gasteiger partial charge on any atom is 0.336 e. The average molecular weight is 275 g/mol. The maximum atomic E-state index is 13.1. The molecule has 0 aliphatic heterocycles. The monoisotopic (exact) mass is 275 g/mol. The number of para-hydroxylation sites is 1. The van der Waals surface area contributed by atoms with Gasteiger partial charge < -0.3 is 0 Å². The molecule has 3 heteroatoms. The molecule has 2 nitrogen and oxygen atoms in total. The van der Waals surface area contributed by atoms with E-state index in [9.17, 15) is 4.39 Å². The summed E-state index contributed by atoms with van der Waals surface area (Å²) in [5, 5.41) is 1.10. The highest BCUT2D eigenvalue weighted by Gasteiger charge is 2.17. The number of hydrogen-bond acceptors (Lipinski definition) is 1. The molecular weight excluding hydrogens is 263 g/mol. The molecule has 0 saturated heterocycles. The fourth-order valence-corrected chi connectivity index (χ4v) is 2.61. The number of fused-ring (bicyclic) bond motifs is 3. The second-order valence-electron chi connectivity index (χ2n) is 4.92. The normalized spacial score (nSPS) is 11.1. The molecule has 2 aromatic carbocycles. The summed E-state index contributed by atoms with van der Waals surface area (Å²) in [4.78, 5) is 4.74. The fraction of sp³-hybridized carbons (Fsp3) is 0. The fourth-order valence-electron chi connectivity index (χ4n) is 2.61. The number of rotatable bonds is 1. The van der Waals surface area contributed by atoms with Gasteiger partial charge >= 0.3 is 5.82 Å². The molecule has 0 amide bonds. The smallest absolute Gasteiger partial charge is 0.207 e. The van der Waals surface area contributed by atoms with Crippen molar-refractivity contribution in [3.05, 3.63) is 78.7 Å². The largest absolute Gasteiger partial charge is 0.336 e. The van der Waals surface area contributed by atoms with Gasteiger partial charge in [0.2, 0.25) is 0 Å². The molecule has 0 saturated carbocycles. The van der Waals surface area contributed by atoms with E-state index in [2.05, 4.69) is 12.1 Å². The number of nitrogens with zero attached hydrogens (tertiary/aromatic N) is 2. The first kappa shape index (κ1) is 12.0. The summed E-state index contributed by atoms with van der Waals surface area (Å²) in [6.07, 6.45) is 1.98. The molecule has 0 unspecified atom stereocenters. The van der Waals surface area contributed by atoms with Crippen LogP contribution in [0, 0.1) is 5.82 Å². The zero-order valence-electron chi connectivity index (χ0n) is 11.2. The molecule has 0 N–H and O–H groups in total. The summed E-state index contributed by atoms with van der Waals surface area (Å²) in [6.45, 7) is 0. The van der Waals surface area contributed by atoms with Crippen LogP contribution >= 0.6 is 0 Å². The SMILES string of the molecule is Fc1ccc(-c2nc3ccccc3c3cccc[n+]23)cc1. The van der Waals surface area contributed by atoms with Crippen molar-refractivity contribution in [1.29, 1.82) is 0 Å². The Labute approximate surface area is 121 Å². The predicted molar refractivity (Wildman–Crippen MR) is 80.3 cm³/mol. The molecule has 0 aliphatic rings. The van der Waals surface area contributed by atoms with Crippen molar-refractivity contribution in [2.45, 2.75) is 0 Å². The minimum absolute atomic E-state index is 0.242. The van der Waals surface area contributed by atoms with Crippen molar-refractivity contribution in [2.24, 2.45) is 0 Å². The first-order chi connectivity index (χ1) is 10.3. The Morgan fingerprint density at radius 1 is 0.810 bits per heavy atom. The van der Waals surface area contributed by atoms with Crippen LogP contribution in [-0.2, 0) is 0 Å². The highest BCUT2D eigenvalue weighted by Crippen LogP contribution is 2.21. The summed E-state index contributed by atoms with van der Waals surface area (Å²) in [5.74, 6) is 0.568. The first-order valence-corrected chi connectivity index (χ1v) is 6.78. The van der Waals surface area contributed by atoms with Crippen molar-refractivity contribution in [3.63, 3.8) is 0 Å². The summed E-state index contributed by atoms with van der Waals surface area (Å²) in [7, 11) is 0. The van der Waals surface area contributed by atoms with Gasteiger partial charge in [-0.15, -0.1) is 0 Å². The van der Waals surface area contributed by atoms with Crippen LogP contribution in [0.3, 0.4) is 0 Å². The summed E-state index contributed by atoms with van der Waals surface area (Å²) in [6, 6.07) is 20.5. The molecule has 0 aliphatic carbocycles. The van der Waals surface area contributed by atoms with Gasteiger partial charge in [0.05, 0.1) is 17.1 Å². The Kier molecular flexibility index (Phi) is 2.64. The van der Waals surface area contributed by atoms with Gasteiger partial charge in [-0.3, -0.25) is 0 Å². The lowest BCUT2D eigenvalue weighted by Crippen LogP contribution is -2.26. The van der Waals surface area contributed by atoms with E-state index in [1.54, 1.807) is 12.1 Å². The Morgan fingerprint density at radius 2 is 1.57 bits per heavy atom. The Bertz CT molecular complexity index is 946. The van der Waals surface area contributed by atoms with Gasteiger partial charge in [-0.25, -0.2) is 4.39 Å². The number of aromatic nitrogens is 2. The molecule has 4 rings (SSSR count). The van der Waals surface area contributed by atoms with Crippen LogP contribution in [0.25, 0.3) is 27.8 Å². The van der Waals surface area contributed by atoms with Crippen LogP contribution in [0.1, 0.15) is 0 Å². The molecule has 21 heavy (non-hydrogen) atoms. The topological polar surface area (TPSA) is 17.0 Å². The van der Waals surface area contributed by atoms with E-state index in [4.69, 9.17) is 4.98 Å². The Morgan fingerprint density at radius 3 is 2.43 bits per heavy atom. The van der Waals surface area contributed by atoms with Crippen molar-refractivity contribution < 1.29 is 8.79 Å². The highest BCUT2D eigenvalue weighted by atomic mass is 19.1. The number of benzene rings is 2. The van der Waals surface area contributed by atoms with E-state index in [0.29, 0.717) is 0 Å². The molecular formula is C18H12FN2+. The molecule has 0 radical (unpaired) electrons. The minimum atomic E-state index is -0.242. The van der Waals surface area contributed by atoms with Crippen LogP contribution in [0.4, 0.5) is 4.39 Å². The lowest BCUT2D eigenvalue weighted by atomic mass is 10.1. The van der Waals surface area contributed by atoms with Crippen LogP contribution < -0.4 is 4.40 Å². The third-order valence-corrected chi connectivity index (χ3v) is 3.60. The van der Waals surface area contributed by atoms with Crippen molar-refractivity contribution in [2.75, 3.05) is 0 Å². The van der Waals surface area contributed by atoms with E-state index in [1.807, 2.05) is 40.9 Å². The van der Waals surface area contributed by atoms with Crippen molar-refractivity contribution >= 4 is 16.4 Å². The van der Waals surface area contributed by atoms with E-state index in [0.717, 1.165) is 27.8 Å². The van der Waals surface area contributed by atoms with Gasteiger partial charge in [-0.1, -0.05) is 18.2 Å². The van der Waals surface area contributed by atoms with Gasteiger partial charge in [-0.05, 0) is 53.5 Å². The van der Waals surface area contributed by atoms with Gasteiger partial charge in [0, 0.05) is 0 Å². The highest BCUT2D eigenvalue weighted by molar-refractivity contribution is 5.91. The van der Waals surface area contributed by atoms with E-state index < -0.39 is 0 Å². The molecule has 0 atom stereocenters. The lowest BCUT2D eigenvalue weighted by Gasteiger charge is -2.03. The minimum Gasteiger partial charge on any atom is -0.207 e. The zero-order valence-corrected chi connectivity index (χ0v) is 11.2. The number of pyridine rings is 1. The second kappa shape index (κ2) is 4.63. The lowest BCUT2D eigenvalue weighted by molar-refractivity contribution is -0.501. The third kappa shape index (κ3) is 1.94. The molecule has 100 valence electrons. The first-order valence-electron chi connectivity index (χ1n) is 6.78. The molecule has 2 aromatic heterocycles. The molecule has 4 aromatic rings. The third-order valence-electron chi connectivity index (χ3n) is 3.60. The summed E-state index contributed by atoms with van der Waals surface area (Å²) < 4.78 is 15.2. The predicted octanol–water partition coefficient (Wildman–Crippen LogP) is 3.78. The zero-order chi connectivity index (χ0) is 14.2. The van der Waals surface area contributed by atoms with Crippen molar-refractivity contribution in [1.82, 2.24) is 4.98 Å². The Balaban J connectivity index is 2.13. The molecule has 2 heterocycles. The average Bonchev–Trinajstić information content (AvgIpc) is 2.55.